The van der Waals surface area contributed by atoms with Gasteiger partial charge in [-0.25, -0.2) is 4.79 Å². The number of esters is 1. The van der Waals surface area contributed by atoms with Gasteiger partial charge in [0.25, 0.3) is 0 Å². The molecular formula is C18H24O4. The molecule has 1 aromatic rings. The van der Waals surface area contributed by atoms with Crippen LogP contribution in [0, 0.1) is 0 Å². The minimum Gasteiger partial charge on any atom is -0.497 e. The van der Waals surface area contributed by atoms with Gasteiger partial charge in [-0.3, -0.25) is 4.79 Å². The van der Waals surface area contributed by atoms with Gasteiger partial charge in [-0.1, -0.05) is 0 Å². The van der Waals surface area contributed by atoms with Gasteiger partial charge in [0.15, 0.2) is 0 Å². The van der Waals surface area contributed by atoms with E-state index in [2.05, 4.69) is 0 Å². The van der Waals surface area contributed by atoms with Crippen LogP contribution in [0.25, 0.3) is 0 Å². The molecule has 0 saturated heterocycles. The normalized spacial score (nSPS) is 17.8. The molecule has 0 unspecified atom stereocenters. The lowest BCUT2D eigenvalue weighted by Crippen LogP contribution is -2.19. The maximum atomic E-state index is 12.2. The Balaban J connectivity index is 1.89. The summed E-state index contributed by atoms with van der Waals surface area (Å²) < 4.78 is 10.7. The number of carbonyl (C=O) groups is 2. The number of carbonyl (C=O) groups excluding carboxylic acids is 2. The SMILES string of the molecule is COc1ccc(C(=O)OC2CCCCC(=O)CCCC2)cc1. The maximum absolute atomic E-state index is 12.2. The number of benzene rings is 1. The van der Waals surface area contributed by atoms with E-state index in [-0.39, 0.29) is 12.1 Å². The van der Waals surface area contributed by atoms with Gasteiger partial charge in [-0.15, -0.1) is 0 Å². The lowest BCUT2D eigenvalue weighted by atomic mass is 9.98. The van der Waals surface area contributed by atoms with Crippen molar-refractivity contribution < 1.29 is 19.1 Å². The van der Waals surface area contributed by atoms with Crippen molar-refractivity contribution in [3.8, 4) is 5.75 Å². The first-order valence-corrected chi connectivity index (χ1v) is 8.06. The zero-order valence-electron chi connectivity index (χ0n) is 13.2. The second kappa shape index (κ2) is 8.57. The average molecular weight is 304 g/mol. The van der Waals surface area contributed by atoms with Crippen LogP contribution in [0.1, 0.15) is 61.7 Å². The van der Waals surface area contributed by atoms with Gasteiger partial charge in [0.1, 0.15) is 17.6 Å². The maximum Gasteiger partial charge on any atom is 0.338 e. The molecule has 0 aliphatic heterocycles. The van der Waals surface area contributed by atoms with Crippen LogP contribution >= 0.6 is 0 Å². The van der Waals surface area contributed by atoms with Crippen molar-refractivity contribution in [2.45, 2.75) is 57.5 Å². The molecular weight excluding hydrogens is 280 g/mol. The van der Waals surface area contributed by atoms with Gasteiger partial charge in [0.05, 0.1) is 12.7 Å². The van der Waals surface area contributed by atoms with E-state index in [1.165, 1.54) is 0 Å². The van der Waals surface area contributed by atoms with Crippen LogP contribution in [-0.2, 0) is 9.53 Å². The Bertz CT molecular complexity index is 478. The number of ether oxygens (including phenoxy) is 2. The van der Waals surface area contributed by atoms with Crippen molar-refractivity contribution in [3.63, 3.8) is 0 Å². The summed E-state index contributed by atoms with van der Waals surface area (Å²) in [7, 11) is 1.60. The third kappa shape index (κ3) is 5.17. The van der Waals surface area contributed by atoms with Gasteiger partial charge >= 0.3 is 5.97 Å². The molecule has 1 saturated carbocycles. The van der Waals surface area contributed by atoms with Crippen LogP contribution in [0.3, 0.4) is 0 Å². The largest absolute Gasteiger partial charge is 0.497 e. The smallest absolute Gasteiger partial charge is 0.338 e. The summed E-state index contributed by atoms with van der Waals surface area (Å²) in [6.07, 6.45) is 6.65. The van der Waals surface area contributed by atoms with Crippen LogP contribution in [-0.4, -0.2) is 25.0 Å². The Morgan fingerprint density at radius 3 is 2.14 bits per heavy atom. The Morgan fingerprint density at radius 2 is 1.59 bits per heavy atom. The second-order valence-corrected chi connectivity index (χ2v) is 5.79. The van der Waals surface area contributed by atoms with E-state index < -0.39 is 0 Å². The monoisotopic (exact) mass is 304 g/mol. The number of hydrogen-bond donors (Lipinski definition) is 0. The first-order chi connectivity index (χ1) is 10.7. The Kier molecular flexibility index (Phi) is 6.44. The summed E-state index contributed by atoms with van der Waals surface area (Å²) in [5.41, 5.74) is 0.549. The van der Waals surface area contributed by atoms with Crippen molar-refractivity contribution in [1.82, 2.24) is 0 Å². The van der Waals surface area contributed by atoms with Crippen molar-refractivity contribution >= 4 is 11.8 Å². The highest BCUT2D eigenvalue weighted by atomic mass is 16.5. The molecule has 0 aromatic heterocycles. The van der Waals surface area contributed by atoms with Gasteiger partial charge < -0.3 is 9.47 Å². The molecule has 1 fully saturated rings. The van der Waals surface area contributed by atoms with Gasteiger partial charge in [0, 0.05) is 12.8 Å². The van der Waals surface area contributed by atoms with Crippen LogP contribution in [0.15, 0.2) is 24.3 Å². The van der Waals surface area contributed by atoms with Crippen LogP contribution in [0.4, 0.5) is 0 Å². The van der Waals surface area contributed by atoms with Crippen molar-refractivity contribution in [1.29, 1.82) is 0 Å². The predicted octanol–water partition coefficient (Wildman–Crippen LogP) is 3.92. The van der Waals surface area contributed by atoms with Crippen LogP contribution in [0.5, 0.6) is 5.75 Å². The summed E-state index contributed by atoms with van der Waals surface area (Å²) in [4.78, 5) is 23.7. The zero-order chi connectivity index (χ0) is 15.8. The molecule has 0 spiro atoms. The van der Waals surface area contributed by atoms with Crippen LogP contribution < -0.4 is 4.74 Å². The summed E-state index contributed by atoms with van der Waals surface area (Å²) in [5.74, 6) is 0.814. The summed E-state index contributed by atoms with van der Waals surface area (Å²) in [6.45, 7) is 0. The van der Waals surface area contributed by atoms with E-state index in [0.29, 0.717) is 24.2 Å². The molecule has 4 nitrogen and oxygen atoms in total. The molecule has 0 amide bonds. The zero-order valence-corrected chi connectivity index (χ0v) is 13.2. The molecule has 1 aliphatic rings. The number of ketones is 1. The van der Waals surface area contributed by atoms with E-state index in [1.807, 2.05) is 0 Å². The highest BCUT2D eigenvalue weighted by molar-refractivity contribution is 5.89. The van der Waals surface area contributed by atoms with Crippen molar-refractivity contribution in [3.05, 3.63) is 29.8 Å². The first kappa shape index (κ1) is 16.5. The minimum atomic E-state index is -0.277. The lowest BCUT2D eigenvalue weighted by molar-refractivity contribution is -0.119. The Hall–Kier alpha value is -1.84. The average Bonchev–Trinajstić information content (AvgIpc) is 2.55. The third-order valence-electron chi connectivity index (χ3n) is 4.06. The quantitative estimate of drug-likeness (QED) is 0.794. The molecule has 22 heavy (non-hydrogen) atoms. The number of Topliss-reactive ketones (excluding diaryl/α,β-unsaturated/α-hetero) is 1. The van der Waals surface area contributed by atoms with Gasteiger partial charge in [-0.05, 0) is 62.8 Å². The van der Waals surface area contributed by atoms with Crippen molar-refractivity contribution in [2.75, 3.05) is 7.11 Å². The molecule has 2 rings (SSSR count). The Labute approximate surface area is 131 Å². The minimum absolute atomic E-state index is 0.0391. The van der Waals surface area contributed by atoms with E-state index in [4.69, 9.17) is 9.47 Å². The first-order valence-electron chi connectivity index (χ1n) is 8.06. The molecule has 120 valence electrons. The molecule has 4 heteroatoms. The molecule has 0 heterocycles. The second-order valence-electron chi connectivity index (χ2n) is 5.79. The molecule has 0 N–H and O–H groups in total. The standard InChI is InChI=1S/C18H24O4/c1-21-16-12-10-14(11-13-16)18(20)22-17-8-4-2-6-15(19)7-3-5-9-17/h10-13,17H,2-9H2,1H3. The van der Waals surface area contributed by atoms with Gasteiger partial charge in [-0.2, -0.15) is 0 Å². The fourth-order valence-electron chi connectivity index (χ4n) is 2.72. The predicted molar refractivity (Wildman–Crippen MR) is 84.1 cm³/mol. The van der Waals surface area contributed by atoms with E-state index >= 15 is 0 Å². The van der Waals surface area contributed by atoms with Crippen molar-refractivity contribution in [2.24, 2.45) is 0 Å². The van der Waals surface area contributed by atoms with E-state index in [1.54, 1.807) is 31.4 Å². The molecule has 0 bridgehead atoms. The summed E-state index contributed by atoms with van der Waals surface area (Å²) in [5, 5.41) is 0. The highest BCUT2D eigenvalue weighted by Gasteiger charge is 2.17. The summed E-state index contributed by atoms with van der Waals surface area (Å²) >= 11 is 0. The Morgan fingerprint density at radius 1 is 1.00 bits per heavy atom. The third-order valence-corrected chi connectivity index (χ3v) is 4.06. The van der Waals surface area contributed by atoms with Gasteiger partial charge in [0.2, 0.25) is 0 Å². The number of methoxy groups -OCH3 is 1. The lowest BCUT2D eigenvalue weighted by Gasteiger charge is -2.19. The fraction of sp³-hybridized carbons (Fsp3) is 0.556. The summed E-state index contributed by atoms with van der Waals surface area (Å²) in [6, 6.07) is 6.96. The van der Waals surface area contributed by atoms with Crippen LogP contribution in [0.2, 0.25) is 0 Å². The molecule has 1 aromatic carbocycles. The topological polar surface area (TPSA) is 52.6 Å². The molecule has 0 atom stereocenters. The highest BCUT2D eigenvalue weighted by Crippen LogP contribution is 2.20. The fourth-order valence-corrected chi connectivity index (χ4v) is 2.72. The van der Waals surface area contributed by atoms with E-state index in [0.717, 1.165) is 44.3 Å². The molecule has 0 radical (unpaired) electrons. The number of rotatable bonds is 3. The molecule has 1 aliphatic carbocycles. The number of hydrogen-bond acceptors (Lipinski definition) is 4. The van der Waals surface area contributed by atoms with E-state index in [9.17, 15) is 9.59 Å².